The van der Waals surface area contributed by atoms with Gasteiger partial charge in [0.1, 0.15) is 5.75 Å². The van der Waals surface area contributed by atoms with Crippen molar-refractivity contribution in [2.24, 2.45) is 0 Å². The van der Waals surface area contributed by atoms with Gasteiger partial charge in [-0.2, -0.15) is 8.42 Å². The Morgan fingerprint density at radius 3 is 1.56 bits per heavy atom. The van der Waals surface area contributed by atoms with E-state index < -0.39 is 10.1 Å². The van der Waals surface area contributed by atoms with Crippen LogP contribution in [-0.4, -0.2) is 34.5 Å². The molecule has 0 aliphatic heterocycles. The zero-order valence-electron chi connectivity index (χ0n) is 7.53. The van der Waals surface area contributed by atoms with Crippen molar-refractivity contribution in [3.05, 3.63) is 19.3 Å². The Kier molecular flexibility index (Phi) is 10.2. The van der Waals surface area contributed by atoms with Crippen molar-refractivity contribution in [3.63, 3.8) is 0 Å². The van der Waals surface area contributed by atoms with Crippen LogP contribution in [0.5, 0.6) is 5.75 Å². The topological polar surface area (TPSA) is 169 Å². The van der Waals surface area contributed by atoms with Crippen LogP contribution in [0.1, 0.15) is 0 Å². The van der Waals surface area contributed by atoms with Crippen molar-refractivity contribution in [3.8, 4) is 5.75 Å². The lowest BCUT2D eigenvalue weighted by Crippen LogP contribution is -1.99. The van der Waals surface area contributed by atoms with Gasteiger partial charge in [-0.25, -0.2) is 0 Å². The van der Waals surface area contributed by atoms with Crippen molar-refractivity contribution < 1.29 is 34.5 Å². The summed E-state index contributed by atoms with van der Waals surface area (Å²) in [5.41, 5.74) is 0. The maximum atomic E-state index is 10.7. The first-order valence-electron chi connectivity index (χ1n) is 2.98. The van der Waals surface area contributed by atoms with Gasteiger partial charge >= 0.3 is 0 Å². The Hall–Kier alpha value is 0.270. The lowest BCUT2D eigenvalue weighted by molar-refractivity contribution is 0.465. The summed E-state index contributed by atoms with van der Waals surface area (Å²) in [5.74, 6) is 0.0219. The molecule has 0 saturated carbocycles. The molecule has 0 heterocycles. The van der Waals surface area contributed by atoms with Crippen molar-refractivity contribution in [2.75, 3.05) is 0 Å². The third-order valence-corrected chi connectivity index (χ3v) is 3.76. The van der Waals surface area contributed by atoms with E-state index in [2.05, 4.69) is 0 Å². The van der Waals surface area contributed by atoms with Gasteiger partial charge in [0, 0.05) is 0 Å². The lowest BCUT2D eigenvalue weighted by atomic mass is 10.3. The molecule has 7 nitrogen and oxygen atoms in total. The number of hydrogen-bond donors (Lipinski definition) is 2. The van der Waals surface area contributed by atoms with Crippen LogP contribution in [0.15, 0.2) is 17.0 Å². The first kappa shape index (κ1) is 21.5. The summed E-state index contributed by atoms with van der Waals surface area (Å²) >= 11 is 3.57. The van der Waals surface area contributed by atoms with Gasteiger partial charge in [-0.05, 0) is 57.3 Å². The highest BCUT2D eigenvalue weighted by molar-refractivity contribution is 14.1. The van der Waals surface area contributed by atoms with Crippen LogP contribution in [0.25, 0.3) is 0 Å². The zero-order valence-corrected chi connectivity index (χ0v) is 12.7. The molecule has 0 radical (unpaired) electrons. The van der Waals surface area contributed by atoms with Crippen LogP contribution in [0.3, 0.4) is 0 Å². The highest BCUT2D eigenvalue weighted by Gasteiger charge is 2.14. The molecule has 0 spiro atoms. The van der Waals surface area contributed by atoms with Crippen LogP contribution in [0.4, 0.5) is 0 Å². The molecular formula is C6H10I2O7S. The average Bonchev–Trinajstić information content (AvgIpc) is 1.97. The summed E-state index contributed by atoms with van der Waals surface area (Å²) < 4.78 is 30.9. The molecule has 0 aromatic heterocycles. The normalized spacial score (nSPS) is 9.44. The third kappa shape index (κ3) is 5.07. The molecule has 0 aliphatic rings. The van der Waals surface area contributed by atoms with E-state index in [-0.39, 0.29) is 27.1 Å². The Morgan fingerprint density at radius 2 is 1.31 bits per heavy atom. The minimum absolute atomic E-state index is 0. The summed E-state index contributed by atoms with van der Waals surface area (Å²) in [5, 5.41) is 9.31. The standard InChI is InChI=1S/C6H4I2O4S.3H2O/c7-4-1-3(13(10,11)12)2-5(8)6(4)9;;;/h1-2,9H,(H,10,11,12);3*1H2. The van der Waals surface area contributed by atoms with Gasteiger partial charge in [-0.3, -0.25) is 4.55 Å². The van der Waals surface area contributed by atoms with E-state index in [1.165, 1.54) is 12.1 Å². The maximum Gasteiger partial charge on any atom is 0.294 e. The van der Waals surface area contributed by atoms with Gasteiger partial charge in [0.25, 0.3) is 10.1 Å². The number of aromatic hydroxyl groups is 1. The number of phenolic OH excluding ortho intramolecular Hbond substituents is 1. The molecule has 8 N–H and O–H groups in total. The quantitative estimate of drug-likeness (QED) is 0.404. The SMILES string of the molecule is O.O.O.O=S(=O)(O)c1cc(I)c(O)c(I)c1. The highest BCUT2D eigenvalue weighted by atomic mass is 127. The Balaban J connectivity index is -0.000000563. The van der Waals surface area contributed by atoms with Gasteiger partial charge in [-0.1, -0.05) is 0 Å². The molecule has 0 saturated heterocycles. The van der Waals surface area contributed by atoms with Gasteiger partial charge < -0.3 is 21.5 Å². The first-order chi connectivity index (χ1) is 5.82. The van der Waals surface area contributed by atoms with E-state index in [1.54, 1.807) is 45.2 Å². The minimum atomic E-state index is -4.19. The van der Waals surface area contributed by atoms with E-state index in [1.807, 2.05) is 0 Å². The molecule has 0 aliphatic carbocycles. The maximum absolute atomic E-state index is 10.7. The summed E-state index contributed by atoms with van der Waals surface area (Å²) in [6.45, 7) is 0. The minimum Gasteiger partial charge on any atom is -0.506 e. The van der Waals surface area contributed by atoms with Crippen molar-refractivity contribution in [1.82, 2.24) is 0 Å². The molecule has 0 fully saturated rings. The summed E-state index contributed by atoms with van der Waals surface area (Å²) in [6.07, 6.45) is 0. The second-order valence-corrected chi connectivity index (χ2v) is 5.96. The van der Waals surface area contributed by atoms with Gasteiger partial charge in [0.05, 0.1) is 12.0 Å². The van der Waals surface area contributed by atoms with Gasteiger partial charge in [0.15, 0.2) is 0 Å². The summed E-state index contributed by atoms with van der Waals surface area (Å²) in [6, 6.07) is 2.40. The molecule has 0 amide bonds. The lowest BCUT2D eigenvalue weighted by Gasteiger charge is -2.02. The fourth-order valence-electron chi connectivity index (χ4n) is 0.691. The number of hydrogen-bond acceptors (Lipinski definition) is 3. The summed E-state index contributed by atoms with van der Waals surface area (Å²) in [4.78, 5) is -0.209. The third-order valence-electron chi connectivity index (χ3n) is 1.29. The van der Waals surface area contributed by atoms with Crippen molar-refractivity contribution in [2.45, 2.75) is 4.90 Å². The van der Waals surface area contributed by atoms with E-state index in [4.69, 9.17) is 4.55 Å². The van der Waals surface area contributed by atoms with Crippen LogP contribution in [0, 0.1) is 7.14 Å². The zero-order chi connectivity index (χ0) is 10.2. The van der Waals surface area contributed by atoms with Gasteiger partial charge in [-0.15, -0.1) is 0 Å². The Labute approximate surface area is 119 Å². The molecule has 0 bridgehead atoms. The fourth-order valence-corrected chi connectivity index (χ4v) is 3.42. The Morgan fingerprint density at radius 1 is 1.00 bits per heavy atom. The van der Waals surface area contributed by atoms with E-state index in [0.717, 1.165) is 0 Å². The predicted octanol–water partition coefficient (Wildman–Crippen LogP) is -0.626. The van der Waals surface area contributed by atoms with Crippen LogP contribution >= 0.6 is 45.2 Å². The molecule has 10 heteroatoms. The van der Waals surface area contributed by atoms with E-state index in [9.17, 15) is 13.5 Å². The average molecular weight is 480 g/mol. The second-order valence-electron chi connectivity index (χ2n) is 2.21. The molecule has 16 heavy (non-hydrogen) atoms. The van der Waals surface area contributed by atoms with Crippen LogP contribution < -0.4 is 0 Å². The molecule has 0 unspecified atom stereocenters. The number of rotatable bonds is 1. The van der Waals surface area contributed by atoms with E-state index >= 15 is 0 Å². The number of benzene rings is 1. The highest BCUT2D eigenvalue weighted by Crippen LogP contribution is 2.28. The number of halogens is 2. The van der Waals surface area contributed by atoms with Crippen molar-refractivity contribution >= 4 is 55.3 Å². The molecular weight excluding hydrogens is 470 g/mol. The van der Waals surface area contributed by atoms with Crippen LogP contribution in [-0.2, 0) is 10.1 Å². The summed E-state index contributed by atoms with van der Waals surface area (Å²) in [7, 11) is -4.19. The van der Waals surface area contributed by atoms with E-state index in [0.29, 0.717) is 7.14 Å². The largest absolute Gasteiger partial charge is 0.506 e. The molecule has 1 rings (SSSR count). The smallest absolute Gasteiger partial charge is 0.294 e. The Bertz CT molecular complexity index is 421. The molecule has 96 valence electrons. The fraction of sp³-hybridized carbons (Fsp3) is 0. The number of phenols is 1. The predicted molar refractivity (Wildman–Crippen MR) is 74.2 cm³/mol. The van der Waals surface area contributed by atoms with Crippen molar-refractivity contribution in [1.29, 1.82) is 0 Å². The second kappa shape index (κ2) is 7.57. The molecule has 1 aromatic carbocycles. The van der Waals surface area contributed by atoms with Crippen LogP contribution in [0.2, 0.25) is 0 Å². The first-order valence-corrected chi connectivity index (χ1v) is 6.57. The monoisotopic (exact) mass is 480 g/mol. The molecule has 0 atom stereocenters. The molecule has 1 aromatic rings. The van der Waals surface area contributed by atoms with Gasteiger partial charge in [0.2, 0.25) is 0 Å².